The monoisotopic (exact) mass is 128 g/mol. The Morgan fingerprint density at radius 1 is 1.43 bits per heavy atom. The van der Waals surface area contributed by atoms with Crippen molar-refractivity contribution in [1.29, 1.82) is 0 Å². The zero-order valence-corrected chi connectivity index (χ0v) is 6.44. The molecule has 0 amide bonds. The Hall–Kier alpha value is 0.290. The third-order valence-corrected chi connectivity index (χ3v) is 0.305. The van der Waals surface area contributed by atoms with Crippen LogP contribution in [0.4, 0.5) is 0 Å². The fourth-order valence-electron chi connectivity index (χ4n) is 0.0167. The first-order chi connectivity index (χ1) is 2.81. The van der Waals surface area contributed by atoms with Crippen LogP contribution in [0.3, 0.4) is 0 Å². The number of rotatable bonds is 0. The van der Waals surface area contributed by atoms with Crippen LogP contribution in [0.2, 0.25) is 0 Å². The van der Waals surface area contributed by atoms with Crippen molar-refractivity contribution < 1.29 is 31.0 Å². The Kier molecular flexibility index (Phi) is 9.26. The van der Waals surface area contributed by atoms with E-state index in [-0.39, 0.29) is 31.0 Å². The van der Waals surface area contributed by atoms with E-state index in [1.165, 1.54) is 0 Å². The molecule has 0 aliphatic rings. The third kappa shape index (κ3) is 6.29. The van der Waals surface area contributed by atoms with Crippen molar-refractivity contribution in [2.75, 3.05) is 0 Å². The molecule has 0 spiro atoms. The fraction of sp³-hybridized carbons (Fsp3) is 0. The normalized spacial score (nSPS) is 5.71. The molecule has 0 fully saturated rings. The molecule has 0 rings (SSSR count). The van der Waals surface area contributed by atoms with Crippen molar-refractivity contribution in [1.82, 2.24) is 0 Å². The molecule has 0 atom stereocenters. The first-order valence-electron chi connectivity index (χ1n) is 1.02. The number of nitrogens with zero attached hydrogens (tertiary/aromatic N) is 2. The summed E-state index contributed by atoms with van der Waals surface area (Å²) in [6.07, 6.45) is 0. The molecule has 0 N–H and O–H groups in total. The van der Waals surface area contributed by atoms with Gasteiger partial charge in [-0.3, -0.25) is 0 Å². The fourth-order valence-corrected chi connectivity index (χ4v) is 0.0167. The van der Waals surface area contributed by atoms with Crippen molar-refractivity contribution in [3.63, 3.8) is 0 Å². The van der Waals surface area contributed by atoms with E-state index in [1.807, 2.05) is 10.4 Å². The van der Waals surface area contributed by atoms with E-state index in [1.54, 1.807) is 0 Å². The Bertz CT molecular complexity index is 88.0. The van der Waals surface area contributed by atoms with Crippen LogP contribution < -0.4 is 29.6 Å². The van der Waals surface area contributed by atoms with E-state index >= 15 is 0 Å². The van der Waals surface area contributed by atoms with Gasteiger partial charge < -0.3 is 1.43 Å². The first kappa shape index (κ1) is 10.3. The summed E-state index contributed by atoms with van der Waals surface area (Å²) in [7, 11) is 0. The zero-order chi connectivity index (χ0) is 4.99. The van der Waals surface area contributed by atoms with Gasteiger partial charge in [0.2, 0.25) is 0 Å². The summed E-state index contributed by atoms with van der Waals surface area (Å²) in [6, 6.07) is 0. The summed E-state index contributed by atoms with van der Waals surface area (Å²) in [4.78, 5) is 18.1. The average Bonchev–Trinajstić information content (AvgIpc) is 1.65. The standard InChI is InChI=1S/CN2O2S.Na.H/c4-2-1(6)3-5;;/q;+1;-1. The topological polar surface area (TPSA) is 58.9 Å². The van der Waals surface area contributed by atoms with Crippen LogP contribution in [0.5, 0.6) is 0 Å². The van der Waals surface area contributed by atoms with Gasteiger partial charge in [0.05, 0.1) is 0 Å². The van der Waals surface area contributed by atoms with Crippen LogP contribution >= 0.6 is 12.2 Å². The van der Waals surface area contributed by atoms with Crippen LogP contribution in [0.15, 0.2) is 10.4 Å². The van der Waals surface area contributed by atoms with Gasteiger partial charge in [0.25, 0.3) is 0 Å². The molecule has 0 bridgehead atoms. The average molecular weight is 128 g/mol. The largest absolute Gasteiger partial charge is 1.00 e. The minimum atomic E-state index is -0.685. The van der Waals surface area contributed by atoms with E-state index in [9.17, 15) is 0 Å². The van der Waals surface area contributed by atoms with Gasteiger partial charge in [-0.05, 0) is 12.2 Å². The Morgan fingerprint density at radius 3 is 1.71 bits per heavy atom. The first-order valence-corrected chi connectivity index (χ1v) is 1.42. The molecule has 4 nitrogen and oxygen atoms in total. The van der Waals surface area contributed by atoms with E-state index < -0.39 is 5.11 Å². The molecular weight excluding hydrogens is 127 g/mol. The summed E-state index contributed by atoms with van der Waals surface area (Å²) >= 11 is 3.90. The van der Waals surface area contributed by atoms with Gasteiger partial charge in [-0.1, -0.05) is 0 Å². The molecule has 0 aromatic carbocycles. The SMILES string of the molecule is O=NC(=S)N=O.[H-].[Na+]. The van der Waals surface area contributed by atoms with Crippen molar-refractivity contribution in [3.8, 4) is 0 Å². The smallest absolute Gasteiger partial charge is 1.00 e. The van der Waals surface area contributed by atoms with Gasteiger partial charge in [0.1, 0.15) is 0 Å². The van der Waals surface area contributed by atoms with Gasteiger partial charge in [0.15, 0.2) is 0 Å². The molecule has 0 aromatic heterocycles. The molecule has 6 heteroatoms. The Labute approximate surface area is 68.4 Å². The predicted octanol–water partition coefficient (Wildman–Crippen LogP) is -2.08. The number of hydrogen-bond donors (Lipinski definition) is 0. The summed E-state index contributed by atoms with van der Waals surface area (Å²) in [5, 5.41) is 3.33. The van der Waals surface area contributed by atoms with Crippen molar-refractivity contribution >= 4 is 17.3 Å². The summed E-state index contributed by atoms with van der Waals surface area (Å²) in [6.45, 7) is 0. The number of hydrogen-bond acceptors (Lipinski definition) is 3. The van der Waals surface area contributed by atoms with Crippen LogP contribution in [-0.4, -0.2) is 5.11 Å². The molecule has 0 aromatic rings. The summed E-state index contributed by atoms with van der Waals surface area (Å²) in [5.41, 5.74) is 0. The molecule has 34 valence electrons. The second-order valence-corrected chi connectivity index (χ2v) is 0.830. The molecule has 0 aliphatic carbocycles. The van der Waals surface area contributed by atoms with Crippen molar-refractivity contribution in [3.05, 3.63) is 9.81 Å². The van der Waals surface area contributed by atoms with Crippen LogP contribution in [0.25, 0.3) is 0 Å². The van der Waals surface area contributed by atoms with E-state index in [0.717, 1.165) is 0 Å². The number of nitroso groups, excluding NO2 is 2. The van der Waals surface area contributed by atoms with Crippen molar-refractivity contribution in [2.24, 2.45) is 10.4 Å². The van der Waals surface area contributed by atoms with Crippen LogP contribution in [0.1, 0.15) is 1.43 Å². The van der Waals surface area contributed by atoms with Crippen LogP contribution in [0, 0.1) is 9.81 Å². The van der Waals surface area contributed by atoms with E-state index in [0.29, 0.717) is 0 Å². The molecule has 7 heavy (non-hydrogen) atoms. The number of thiocarbonyl (C=S) groups is 1. The molecule has 0 aliphatic heterocycles. The zero-order valence-electron chi connectivity index (χ0n) is 4.62. The molecule has 0 radical (unpaired) electrons. The minimum absolute atomic E-state index is 0. The molecule has 0 heterocycles. The Balaban J connectivity index is -0.000000125. The molecule has 0 saturated carbocycles. The second-order valence-electron chi connectivity index (χ2n) is 0.465. The van der Waals surface area contributed by atoms with Crippen molar-refractivity contribution in [2.45, 2.75) is 0 Å². The molecule has 0 saturated heterocycles. The minimum Gasteiger partial charge on any atom is -1.00 e. The third-order valence-electron chi connectivity index (χ3n) is 0.156. The van der Waals surface area contributed by atoms with Crippen LogP contribution in [-0.2, 0) is 0 Å². The quantitative estimate of drug-likeness (QED) is 0.214. The summed E-state index contributed by atoms with van der Waals surface area (Å²) < 4.78 is 0. The van der Waals surface area contributed by atoms with Gasteiger partial charge >= 0.3 is 34.7 Å². The maximum absolute atomic E-state index is 9.05. The Morgan fingerprint density at radius 2 is 1.71 bits per heavy atom. The molecular formula is CHN2NaO2S. The van der Waals surface area contributed by atoms with E-state index in [4.69, 9.17) is 9.81 Å². The molecule has 0 unspecified atom stereocenters. The summed E-state index contributed by atoms with van der Waals surface area (Å²) in [5.74, 6) is 0. The van der Waals surface area contributed by atoms with Gasteiger partial charge in [-0.2, -0.15) is 0 Å². The maximum atomic E-state index is 9.05. The van der Waals surface area contributed by atoms with Gasteiger partial charge in [0, 0.05) is 10.4 Å². The predicted molar refractivity (Wildman–Crippen MR) is 25.3 cm³/mol. The van der Waals surface area contributed by atoms with Gasteiger partial charge in [-0.15, -0.1) is 9.81 Å². The van der Waals surface area contributed by atoms with Gasteiger partial charge in [-0.25, -0.2) is 0 Å². The van der Waals surface area contributed by atoms with E-state index in [2.05, 4.69) is 12.2 Å². The second kappa shape index (κ2) is 6.29. The maximum Gasteiger partial charge on any atom is 1.00 e.